The topological polar surface area (TPSA) is 69.6 Å². The van der Waals surface area contributed by atoms with Crippen molar-refractivity contribution in [1.82, 2.24) is 20.0 Å². The molecule has 6 heteroatoms. The Bertz CT molecular complexity index is 479. The molecule has 0 aromatic carbocycles. The number of aryl methyl sites for hydroxylation is 1. The lowest BCUT2D eigenvalue weighted by Gasteiger charge is -2.13. The van der Waals surface area contributed by atoms with Gasteiger partial charge in [0.1, 0.15) is 5.69 Å². The number of aromatic nitrogens is 4. The fourth-order valence-electron chi connectivity index (χ4n) is 1.31. The Morgan fingerprint density at radius 1 is 1.50 bits per heavy atom. The Morgan fingerprint density at radius 3 is 2.75 bits per heavy atom. The van der Waals surface area contributed by atoms with Crippen molar-refractivity contribution in [2.75, 3.05) is 0 Å². The zero-order valence-corrected chi connectivity index (χ0v) is 10.5. The highest BCUT2D eigenvalue weighted by Crippen LogP contribution is 2.15. The van der Waals surface area contributed by atoms with Gasteiger partial charge in [-0.15, -0.1) is 16.4 Å². The third-order valence-corrected chi connectivity index (χ3v) is 3.08. The molecule has 0 fully saturated rings. The number of hydrogen-bond donors (Lipinski definition) is 1. The maximum atomic E-state index is 5.94. The number of nitrogens with two attached hydrogens (primary N) is 1. The first kappa shape index (κ1) is 11.2. The summed E-state index contributed by atoms with van der Waals surface area (Å²) in [7, 11) is 0. The van der Waals surface area contributed by atoms with Crippen LogP contribution in [-0.2, 0) is 12.1 Å². The molecule has 0 aliphatic heterocycles. The van der Waals surface area contributed by atoms with Crippen LogP contribution in [0.4, 0.5) is 0 Å². The quantitative estimate of drug-likeness (QED) is 0.873. The lowest BCUT2D eigenvalue weighted by molar-refractivity contribution is 0.533. The Kier molecular flexibility index (Phi) is 2.77. The summed E-state index contributed by atoms with van der Waals surface area (Å²) in [5.41, 5.74) is 6.30. The van der Waals surface area contributed by atoms with Crippen molar-refractivity contribution < 1.29 is 0 Å². The van der Waals surface area contributed by atoms with Crippen LogP contribution in [0, 0.1) is 6.92 Å². The van der Waals surface area contributed by atoms with Gasteiger partial charge in [0.25, 0.3) is 0 Å². The minimum atomic E-state index is -0.443. The van der Waals surface area contributed by atoms with Crippen molar-refractivity contribution in [3.8, 4) is 0 Å². The Morgan fingerprint density at radius 2 is 2.25 bits per heavy atom. The summed E-state index contributed by atoms with van der Waals surface area (Å²) in [5, 5.41) is 9.18. The van der Waals surface area contributed by atoms with E-state index in [1.54, 1.807) is 16.0 Å². The van der Waals surface area contributed by atoms with E-state index in [1.807, 2.05) is 33.2 Å². The van der Waals surface area contributed by atoms with Crippen molar-refractivity contribution >= 4 is 11.3 Å². The number of hydrogen-bond acceptors (Lipinski definition) is 5. The van der Waals surface area contributed by atoms with E-state index in [0.29, 0.717) is 6.54 Å². The van der Waals surface area contributed by atoms with Gasteiger partial charge in [-0.25, -0.2) is 9.67 Å². The second kappa shape index (κ2) is 3.95. The van der Waals surface area contributed by atoms with Gasteiger partial charge in [-0.05, 0) is 20.8 Å². The van der Waals surface area contributed by atoms with Crippen molar-refractivity contribution in [3.63, 3.8) is 0 Å². The molecule has 0 spiro atoms. The van der Waals surface area contributed by atoms with Crippen LogP contribution in [0.25, 0.3) is 0 Å². The highest BCUT2D eigenvalue weighted by molar-refractivity contribution is 7.11. The van der Waals surface area contributed by atoms with E-state index in [2.05, 4.69) is 15.3 Å². The zero-order chi connectivity index (χ0) is 11.8. The minimum Gasteiger partial charge on any atom is -0.320 e. The molecule has 0 bridgehead atoms. The average Bonchev–Trinajstić information content (AvgIpc) is 2.74. The van der Waals surface area contributed by atoms with Gasteiger partial charge in [0, 0.05) is 11.1 Å². The van der Waals surface area contributed by atoms with Crippen molar-refractivity contribution in [1.29, 1.82) is 0 Å². The molecule has 0 amide bonds. The van der Waals surface area contributed by atoms with Crippen LogP contribution in [0.15, 0.2) is 12.4 Å². The summed E-state index contributed by atoms with van der Waals surface area (Å²) in [5.74, 6) is 0. The van der Waals surface area contributed by atoms with Crippen molar-refractivity contribution in [2.45, 2.75) is 32.9 Å². The SMILES string of the molecule is Cc1ncc(Cn2cc(C(C)(C)N)nn2)s1. The molecular formula is C10H15N5S. The smallest absolute Gasteiger partial charge is 0.102 e. The maximum Gasteiger partial charge on any atom is 0.102 e. The van der Waals surface area contributed by atoms with Gasteiger partial charge in [-0.1, -0.05) is 5.21 Å². The first-order chi connectivity index (χ1) is 7.45. The lowest BCUT2D eigenvalue weighted by atomic mass is 10.0. The van der Waals surface area contributed by atoms with Gasteiger partial charge in [0.15, 0.2) is 0 Å². The predicted molar refractivity (Wildman–Crippen MR) is 63.2 cm³/mol. The molecule has 0 aliphatic carbocycles. The number of rotatable bonds is 3. The van der Waals surface area contributed by atoms with E-state index < -0.39 is 5.54 Å². The second-order valence-corrected chi connectivity index (χ2v) is 5.69. The number of thiazole rings is 1. The third kappa shape index (κ3) is 2.45. The van der Waals surface area contributed by atoms with E-state index in [0.717, 1.165) is 10.7 Å². The molecule has 2 heterocycles. The lowest BCUT2D eigenvalue weighted by Crippen LogP contribution is -2.29. The van der Waals surface area contributed by atoms with Gasteiger partial charge in [0.05, 0.1) is 23.3 Å². The first-order valence-electron chi connectivity index (χ1n) is 5.06. The molecule has 16 heavy (non-hydrogen) atoms. The molecule has 0 aliphatic rings. The Balaban J connectivity index is 2.14. The van der Waals surface area contributed by atoms with Crippen LogP contribution in [0.3, 0.4) is 0 Å². The molecule has 86 valence electrons. The van der Waals surface area contributed by atoms with Gasteiger partial charge >= 0.3 is 0 Å². The van der Waals surface area contributed by atoms with Crippen LogP contribution < -0.4 is 5.73 Å². The van der Waals surface area contributed by atoms with Gasteiger partial charge < -0.3 is 5.73 Å². The summed E-state index contributed by atoms with van der Waals surface area (Å²) in [6.45, 7) is 6.52. The summed E-state index contributed by atoms with van der Waals surface area (Å²) >= 11 is 1.67. The molecule has 5 nitrogen and oxygen atoms in total. The van der Waals surface area contributed by atoms with E-state index in [4.69, 9.17) is 5.73 Å². The predicted octanol–water partition coefficient (Wildman–Crippen LogP) is 1.29. The normalized spacial score (nSPS) is 12.0. The Hall–Kier alpha value is -1.27. The average molecular weight is 237 g/mol. The molecule has 2 N–H and O–H groups in total. The third-order valence-electron chi connectivity index (χ3n) is 2.19. The summed E-state index contributed by atoms with van der Waals surface area (Å²) in [6.07, 6.45) is 3.75. The zero-order valence-electron chi connectivity index (χ0n) is 9.64. The van der Waals surface area contributed by atoms with Gasteiger partial charge in [-0.2, -0.15) is 0 Å². The van der Waals surface area contributed by atoms with Crippen LogP contribution >= 0.6 is 11.3 Å². The van der Waals surface area contributed by atoms with E-state index >= 15 is 0 Å². The first-order valence-corrected chi connectivity index (χ1v) is 5.87. The van der Waals surface area contributed by atoms with Crippen LogP contribution in [0.2, 0.25) is 0 Å². The molecule has 2 aromatic heterocycles. The largest absolute Gasteiger partial charge is 0.320 e. The molecular weight excluding hydrogens is 222 g/mol. The van der Waals surface area contributed by atoms with Gasteiger partial charge in [0.2, 0.25) is 0 Å². The molecule has 2 aromatic rings. The molecule has 0 saturated carbocycles. The fourth-order valence-corrected chi connectivity index (χ4v) is 2.10. The van der Waals surface area contributed by atoms with Crippen LogP contribution in [0.1, 0.15) is 29.4 Å². The van der Waals surface area contributed by atoms with Crippen LogP contribution in [-0.4, -0.2) is 20.0 Å². The summed E-state index contributed by atoms with van der Waals surface area (Å²) in [4.78, 5) is 5.37. The van der Waals surface area contributed by atoms with E-state index in [-0.39, 0.29) is 0 Å². The second-order valence-electron chi connectivity index (χ2n) is 4.37. The van der Waals surface area contributed by atoms with E-state index in [9.17, 15) is 0 Å². The van der Waals surface area contributed by atoms with Crippen molar-refractivity contribution in [2.24, 2.45) is 5.73 Å². The highest BCUT2D eigenvalue weighted by atomic mass is 32.1. The number of nitrogens with zero attached hydrogens (tertiary/aromatic N) is 4. The molecule has 0 atom stereocenters. The Labute approximate surface area is 98.3 Å². The van der Waals surface area contributed by atoms with Crippen molar-refractivity contribution in [3.05, 3.63) is 28.0 Å². The molecule has 0 radical (unpaired) electrons. The minimum absolute atomic E-state index is 0.443. The molecule has 2 rings (SSSR count). The standard InChI is InChI=1S/C10H15N5S/c1-7-12-4-8(16-7)5-15-6-9(13-14-15)10(2,3)11/h4,6H,5,11H2,1-3H3. The summed E-state index contributed by atoms with van der Waals surface area (Å²) in [6, 6.07) is 0. The molecule has 0 unspecified atom stereocenters. The monoisotopic (exact) mass is 237 g/mol. The van der Waals surface area contributed by atoms with Crippen LogP contribution in [0.5, 0.6) is 0 Å². The summed E-state index contributed by atoms with van der Waals surface area (Å²) < 4.78 is 1.79. The van der Waals surface area contributed by atoms with Gasteiger partial charge in [-0.3, -0.25) is 0 Å². The van der Waals surface area contributed by atoms with E-state index in [1.165, 1.54) is 4.88 Å². The molecule has 0 saturated heterocycles. The fraction of sp³-hybridized carbons (Fsp3) is 0.500. The highest BCUT2D eigenvalue weighted by Gasteiger charge is 2.18. The maximum absolute atomic E-state index is 5.94.